The van der Waals surface area contributed by atoms with Crippen LogP contribution in [0.5, 0.6) is 0 Å². The van der Waals surface area contributed by atoms with Crippen LogP contribution in [0.4, 0.5) is 0 Å². The number of pyridine rings is 1. The summed E-state index contributed by atoms with van der Waals surface area (Å²) in [6, 6.07) is 17.7. The molecule has 3 unspecified atom stereocenters. The van der Waals surface area contributed by atoms with Gasteiger partial charge in [-0.25, -0.2) is 0 Å². The van der Waals surface area contributed by atoms with Crippen molar-refractivity contribution in [3.8, 4) is 0 Å². The van der Waals surface area contributed by atoms with Gasteiger partial charge in [-0.1, -0.05) is 49.7 Å². The van der Waals surface area contributed by atoms with Gasteiger partial charge in [0.05, 0.1) is 11.7 Å². The summed E-state index contributed by atoms with van der Waals surface area (Å²) < 4.78 is 0. The molecule has 20 heavy (non-hydrogen) atoms. The molecule has 104 valence electrons. The number of rotatable bonds is 6. The lowest BCUT2D eigenvalue weighted by atomic mass is 10.0. The minimum atomic E-state index is 0.212. The Morgan fingerprint density at radius 2 is 1.95 bits per heavy atom. The van der Waals surface area contributed by atoms with E-state index in [0.717, 1.165) is 11.6 Å². The second-order valence-corrected chi connectivity index (χ2v) is 5.66. The van der Waals surface area contributed by atoms with Gasteiger partial charge in [-0.2, -0.15) is 0 Å². The van der Waals surface area contributed by atoms with Gasteiger partial charge in [0.1, 0.15) is 0 Å². The van der Waals surface area contributed by atoms with E-state index in [1.54, 1.807) is 0 Å². The molecule has 1 heterocycles. The summed E-state index contributed by atoms with van der Waals surface area (Å²) in [5, 5.41) is 3.80. The van der Waals surface area contributed by atoms with Crippen molar-refractivity contribution in [2.75, 3.05) is 0 Å². The van der Waals surface area contributed by atoms with E-state index < -0.39 is 0 Å². The number of hydrogen-bond donors (Lipinski definition) is 1. The van der Waals surface area contributed by atoms with Crippen LogP contribution in [0.3, 0.4) is 0 Å². The minimum Gasteiger partial charge on any atom is -0.302 e. The Balaban J connectivity index is 1.78. The molecule has 2 nitrogen and oxygen atoms in total. The van der Waals surface area contributed by atoms with Gasteiger partial charge in [-0.05, 0) is 36.5 Å². The molecule has 1 N–H and O–H groups in total. The highest BCUT2D eigenvalue weighted by molar-refractivity contribution is 5.28. The molecule has 0 saturated heterocycles. The molecule has 0 amide bonds. The fourth-order valence-corrected chi connectivity index (χ4v) is 2.90. The maximum atomic E-state index is 4.54. The fraction of sp³-hybridized carbons (Fsp3) is 0.389. The van der Waals surface area contributed by atoms with E-state index in [1.807, 2.05) is 12.3 Å². The molecule has 1 aliphatic carbocycles. The molecule has 1 saturated carbocycles. The Kier molecular flexibility index (Phi) is 4.12. The van der Waals surface area contributed by atoms with Gasteiger partial charge in [0.25, 0.3) is 0 Å². The maximum Gasteiger partial charge on any atom is 0.0753 e. The summed E-state index contributed by atoms with van der Waals surface area (Å²) in [5.41, 5.74) is 2.41. The van der Waals surface area contributed by atoms with E-state index in [9.17, 15) is 0 Å². The van der Waals surface area contributed by atoms with Crippen LogP contribution in [0.15, 0.2) is 54.7 Å². The highest BCUT2D eigenvalue weighted by Crippen LogP contribution is 2.37. The number of nitrogens with one attached hydrogen (secondary N) is 1. The van der Waals surface area contributed by atoms with Crippen molar-refractivity contribution in [3.05, 3.63) is 66.0 Å². The Labute approximate surface area is 121 Å². The molecule has 1 aliphatic rings. The molecule has 0 aliphatic heterocycles. The average molecular weight is 266 g/mol. The predicted octanol–water partition coefficient (Wildman–Crippen LogP) is 3.95. The van der Waals surface area contributed by atoms with Crippen LogP contribution in [-0.4, -0.2) is 11.0 Å². The molecule has 1 aromatic carbocycles. The lowest BCUT2D eigenvalue weighted by molar-refractivity contribution is 0.543. The van der Waals surface area contributed by atoms with Crippen LogP contribution in [-0.2, 0) is 0 Å². The first-order valence-electron chi connectivity index (χ1n) is 7.60. The first-order valence-corrected chi connectivity index (χ1v) is 7.60. The second kappa shape index (κ2) is 6.19. The van der Waals surface area contributed by atoms with Crippen molar-refractivity contribution in [2.45, 2.75) is 38.3 Å². The van der Waals surface area contributed by atoms with Crippen LogP contribution < -0.4 is 5.32 Å². The molecule has 0 spiro atoms. The zero-order valence-corrected chi connectivity index (χ0v) is 12.0. The first-order chi connectivity index (χ1) is 9.88. The van der Waals surface area contributed by atoms with Gasteiger partial charge < -0.3 is 5.32 Å². The summed E-state index contributed by atoms with van der Waals surface area (Å²) in [6.45, 7) is 2.27. The lowest BCUT2D eigenvalue weighted by Gasteiger charge is -2.19. The summed E-state index contributed by atoms with van der Waals surface area (Å²) >= 11 is 0. The zero-order chi connectivity index (χ0) is 13.8. The number of aromatic nitrogens is 1. The van der Waals surface area contributed by atoms with Crippen LogP contribution in [0.25, 0.3) is 0 Å². The molecule has 0 bridgehead atoms. The van der Waals surface area contributed by atoms with E-state index in [4.69, 9.17) is 0 Å². The van der Waals surface area contributed by atoms with E-state index in [2.05, 4.69) is 59.7 Å². The normalized spacial score (nSPS) is 22.4. The van der Waals surface area contributed by atoms with Gasteiger partial charge >= 0.3 is 0 Å². The first kappa shape index (κ1) is 13.3. The van der Waals surface area contributed by atoms with E-state index >= 15 is 0 Å². The lowest BCUT2D eigenvalue weighted by Crippen LogP contribution is -2.26. The minimum absolute atomic E-state index is 0.212. The van der Waals surface area contributed by atoms with Crippen molar-refractivity contribution >= 4 is 0 Å². The molecule has 1 aromatic heterocycles. The Hall–Kier alpha value is -1.67. The van der Waals surface area contributed by atoms with Gasteiger partial charge in [-0.15, -0.1) is 0 Å². The summed E-state index contributed by atoms with van der Waals surface area (Å²) in [4.78, 5) is 4.54. The zero-order valence-electron chi connectivity index (χ0n) is 12.0. The van der Waals surface area contributed by atoms with Gasteiger partial charge in [0.15, 0.2) is 0 Å². The quantitative estimate of drug-likeness (QED) is 0.856. The Morgan fingerprint density at radius 3 is 2.65 bits per heavy atom. The second-order valence-electron chi connectivity index (χ2n) is 5.66. The SMILES string of the molecule is CCCC1CC1NC(c1ccccc1)c1ccccn1. The number of nitrogens with zero attached hydrogens (tertiary/aromatic N) is 1. The summed E-state index contributed by atoms with van der Waals surface area (Å²) in [5.74, 6) is 0.856. The van der Waals surface area contributed by atoms with Crippen molar-refractivity contribution in [1.29, 1.82) is 0 Å². The molecule has 1 fully saturated rings. The van der Waals surface area contributed by atoms with Crippen molar-refractivity contribution in [3.63, 3.8) is 0 Å². The Bertz CT molecular complexity index is 484. The third-order valence-electron chi connectivity index (χ3n) is 4.08. The highest BCUT2D eigenvalue weighted by atomic mass is 15.0. The van der Waals surface area contributed by atoms with E-state index in [0.29, 0.717) is 6.04 Å². The van der Waals surface area contributed by atoms with Gasteiger partial charge in [0, 0.05) is 12.2 Å². The van der Waals surface area contributed by atoms with Crippen LogP contribution in [0, 0.1) is 5.92 Å². The molecular weight excluding hydrogens is 244 g/mol. The number of hydrogen-bond acceptors (Lipinski definition) is 2. The predicted molar refractivity (Wildman–Crippen MR) is 82.5 cm³/mol. The number of benzene rings is 1. The highest BCUT2D eigenvalue weighted by Gasteiger charge is 2.37. The monoisotopic (exact) mass is 266 g/mol. The summed E-state index contributed by atoms with van der Waals surface area (Å²) in [6.07, 6.45) is 5.80. The fourth-order valence-electron chi connectivity index (χ4n) is 2.90. The van der Waals surface area contributed by atoms with E-state index in [-0.39, 0.29) is 6.04 Å². The molecule has 2 heteroatoms. The average Bonchev–Trinajstić information content (AvgIpc) is 3.25. The third kappa shape index (κ3) is 3.07. The van der Waals surface area contributed by atoms with Crippen molar-refractivity contribution in [1.82, 2.24) is 10.3 Å². The third-order valence-corrected chi connectivity index (χ3v) is 4.08. The molecular formula is C18H22N2. The smallest absolute Gasteiger partial charge is 0.0753 e. The van der Waals surface area contributed by atoms with Crippen molar-refractivity contribution in [2.24, 2.45) is 5.92 Å². The van der Waals surface area contributed by atoms with Crippen LogP contribution in [0.2, 0.25) is 0 Å². The van der Waals surface area contributed by atoms with Gasteiger partial charge in [-0.3, -0.25) is 4.98 Å². The largest absolute Gasteiger partial charge is 0.302 e. The van der Waals surface area contributed by atoms with Crippen LogP contribution >= 0.6 is 0 Å². The molecule has 3 atom stereocenters. The van der Waals surface area contributed by atoms with Crippen molar-refractivity contribution < 1.29 is 0 Å². The summed E-state index contributed by atoms with van der Waals surface area (Å²) in [7, 11) is 0. The van der Waals surface area contributed by atoms with Gasteiger partial charge in [0.2, 0.25) is 0 Å². The molecule has 0 radical (unpaired) electrons. The topological polar surface area (TPSA) is 24.9 Å². The Morgan fingerprint density at radius 1 is 1.15 bits per heavy atom. The molecule has 2 aromatic rings. The van der Waals surface area contributed by atoms with Crippen LogP contribution in [0.1, 0.15) is 43.5 Å². The van der Waals surface area contributed by atoms with E-state index in [1.165, 1.54) is 24.8 Å². The maximum absolute atomic E-state index is 4.54. The standard InChI is InChI=1S/C18H22N2/c1-2-8-15-13-17(15)20-18(14-9-4-3-5-10-14)16-11-6-7-12-19-16/h3-7,9-12,15,17-18,20H,2,8,13H2,1H3. The molecule has 3 rings (SSSR count).